The van der Waals surface area contributed by atoms with Crippen LogP contribution in [0.15, 0.2) is 0 Å². The van der Waals surface area contributed by atoms with Crippen molar-refractivity contribution in [1.82, 2.24) is 0 Å². The molecule has 41 valence electrons. The standard InChI is InChI=1S/C6H11O/c1-5(2)6(7)3-4-6/h5H,3-4H2,1-2H3. The molecule has 1 fully saturated rings. The molecule has 0 amide bonds. The van der Waals surface area contributed by atoms with Gasteiger partial charge in [-0.25, -0.2) is 5.11 Å². The summed E-state index contributed by atoms with van der Waals surface area (Å²) in [5, 5.41) is 10.9. The largest absolute Gasteiger partial charge is 0.229 e. The van der Waals surface area contributed by atoms with Gasteiger partial charge in [-0.3, -0.25) is 0 Å². The van der Waals surface area contributed by atoms with Crippen molar-refractivity contribution < 1.29 is 5.11 Å². The van der Waals surface area contributed by atoms with Gasteiger partial charge in [0.1, 0.15) is 5.60 Å². The predicted molar refractivity (Wildman–Crippen MR) is 27.5 cm³/mol. The Kier molecular flexibility index (Phi) is 0.890. The van der Waals surface area contributed by atoms with Gasteiger partial charge < -0.3 is 0 Å². The second-order valence-electron chi connectivity index (χ2n) is 2.72. The number of hydrogen-bond acceptors (Lipinski definition) is 0. The van der Waals surface area contributed by atoms with Crippen molar-refractivity contribution in [3.63, 3.8) is 0 Å². The summed E-state index contributed by atoms with van der Waals surface area (Å²) >= 11 is 0. The second-order valence-corrected chi connectivity index (χ2v) is 2.72. The zero-order valence-electron chi connectivity index (χ0n) is 4.90. The lowest BCUT2D eigenvalue weighted by Gasteiger charge is -2.06. The van der Waals surface area contributed by atoms with Gasteiger partial charge >= 0.3 is 0 Å². The number of rotatable bonds is 1. The molecule has 1 rings (SSSR count). The van der Waals surface area contributed by atoms with E-state index in [1.807, 2.05) is 13.8 Å². The summed E-state index contributed by atoms with van der Waals surface area (Å²) < 4.78 is 0. The SMILES string of the molecule is CC(C)C1([O])CC1. The highest BCUT2D eigenvalue weighted by Gasteiger charge is 2.45. The molecule has 0 aromatic rings. The van der Waals surface area contributed by atoms with E-state index >= 15 is 0 Å². The Bertz CT molecular complexity index is 72.2. The van der Waals surface area contributed by atoms with E-state index < -0.39 is 5.60 Å². The first-order valence-corrected chi connectivity index (χ1v) is 2.85. The molecule has 1 radical (unpaired) electrons. The molecular weight excluding hydrogens is 88.1 g/mol. The van der Waals surface area contributed by atoms with Crippen LogP contribution in [-0.4, -0.2) is 5.60 Å². The van der Waals surface area contributed by atoms with Gasteiger partial charge in [-0.2, -0.15) is 0 Å². The van der Waals surface area contributed by atoms with E-state index in [4.69, 9.17) is 0 Å². The topological polar surface area (TPSA) is 19.9 Å². The molecule has 0 bridgehead atoms. The quantitative estimate of drug-likeness (QED) is 0.476. The summed E-state index contributed by atoms with van der Waals surface area (Å²) in [5.41, 5.74) is -0.500. The van der Waals surface area contributed by atoms with Crippen LogP contribution in [-0.2, 0) is 5.11 Å². The van der Waals surface area contributed by atoms with Gasteiger partial charge in [0.05, 0.1) is 0 Å². The Hall–Kier alpha value is -0.0400. The molecule has 1 nitrogen and oxygen atoms in total. The minimum absolute atomic E-state index is 0.354. The van der Waals surface area contributed by atoms with Crippen LogP contribution >= 0.6 is 0 Å². The van der Waals surface area contributed by atoms with Gasteiger partial charge in [0.2, 0.25) is 0 Å². The third-order valence-corrected chi connectivity index (χ3v) is 1.79. The monoisotopic (exact) mass is 99.1 g/mol. The van der Waals surface area contributed by atoms with Crippen LogP contribution in [0.3, 0.4) is 0 Å². The Balaban J connectivity index is 2.39. The average Bonchev–Trinajstić information content (AvgIpc) is 2.21. The van der Waals surface area contributed by atoms with Gasteiger partial charge in [0.15, 0.2) is 0 Å². The fourth-order valence-electron chi connectivity index (χ4n) is 0.701. The van der Waals surface area contributed by atoms with E-state index in [1.54, 1.807) is 0 Å². The first kappa shape index (κ1) is 5.10. The summed E-state index contributed by atoms with van der Waals surface area (Å²) in [6, 6.07) is 0. The van der Waals surface area contributed by atoms with Crippen molar-refractivity contribution in [3.05, 3.63) is 0 Å². The van der Waals surface area contributed by atoms with Gasteiger partial charge in [-0.15, -0.1) is 0 Å². The van der Waals surface area contributed by atoms with Gasteiger partial charge in [-0.05, 0) is 18.8 Å². The van der Waals surface area contributed by atoms with E-state index in [2.05, 4.69) is 0 Å². The fourth-order valence-corrected chi connectivity index (χ4v) is 0.701. The van der Waals surface area contributed by atoms with Crippen molar-refractivity contribution in [3.8, 4) is 0 Å². The van der Waals surface area contributed by atoms with Gasteiger partial charge in [0, 0.05) is 0 Å². The summed E-state index contributed by atoms with van der Waals surface area (Å²) in [7, 11) is 0. The first-order valence-electron chi connectivity index (χ1n) is 2.85. The minimum atomic E-state index is -0.500. The zero-order valence-corrected chi connectivity index (χ0v) is 4.90. The maximum Gasteiger partial charge on any atom is 0.106 e. The highest BCUT2D eigenvalue weighted by Crippen LogP contribution is 2.42. The van der Waals surface area contributed by atoms with Crippen LogP contribution < -0.4 is 0 Å². The normalized spacial score (nSPS) is 25.7. The van der Waals surface area contributed by atoms with Crippen molar-refractivity contribution >= 4 is 0 Å². The van der Waals surface area contributed by atoms with E-state index in [9.17, 15) is 5.11 Å². The Morgan fingerprint density at radius 3 is 1.86 bits per heavy atom. The van der Waals surface area contributed by atoms with Crippen LogP contribution in [0.4, 0.5) is 0 Å². The van der Waals surface area contributed by atoms with Crippen molar-refractivity contribution in [2.24, 2.45) is 5.92 Å². The number of hydrogen-bond donors (Lipinski definition) is 0. The summed E-state index contributed by atoms with van der Waals surface area (Å²) in [6.07, 6.45) is 1.81. The van der Waals surface area contributed by atoms with Crippen molar-refractivity contribution in [2.75, 3.05) is 0 Å². The molecule has 0 atom stereocenters. The lowest BCUT2D eigenvalue weighted by molar-refractivity contribution is 0.0245. The third kappa shape index (κ3) is 0.778. The van der Waals surface area contributed by atoms with E-state index in [0.29, 0.717) is 5.92 Å². The minimum Gasteiger partial charge on any atom is -0.229 e. The molecule has 0 aromatic carbocycles. The Morgan fingerprint density at radius 1 is 1.43 bits per heavy atom. The molecule has 0 saturated heterocycles. The second kappa shape index (κ2) is 1.22. The fraction of sp³-hybridized carbons (Fsp3) is 1.00. The van der Waals surface area contributed by atoms with Crippen LogP contribution in [0.25, 0.3) is 0 Å². The molecule has 0 heterocycles. The summed E-state index contributed by atoms with van der Waals surface area (Å²) in [5.74, 6) is 0.354. The molecule has 7 heavy (non-hydrogen) atoms. The maximum absolute atomic E-state index is 10.9. The zero-order chi connectivity index (χ0) is 5.49. The highest BCUT2D eigenvalue weighted by atomic mass is 16.3. The lowest BCUT2D eigenvalue weighted by atomic mass is 10.1. The van der Waals surface area contributed by atoms with Crippen LogP contribution in [0.5, 0.6) is 0 Å². The molecule has 0 aromatic heterocycles. The molecule has 1 heteroatoms. The lowest BCUT2D eigenvalue weighted by Crippen LogP contribution is -2.12. The molecular formula is C6H11O. The van der Waals surface area contributed by atoms with E-state index in [0.717, 1.165) is 12.8 Å². The van der Waals surface area contributed by atoms with E-state index in [-0.39, 0.29) is 0 Å². The molecule has 1 saturated carbocycles. The molecule has 1 aliphatic rings. The molecule has 1 aliphatic carbocycles. The molecule has 0 spiro atoms. The van der Waals surface area contributed by atoms with Crippen LogP contribution in [0.1, 0.15) is 26.7 Å². The molecule has 0 unspecified atom stereocenters. The molecule has 0 aliphatic heterocycles. The first-order chi connectivity index (χ1) is 3.15. The van der Waals surface area contributed by atoms with Crippen molar-refractivity contribution in [1.29, 1.82) is 0 Å². The van der Waals surface area contributed by atoms with Crippen LogP contribution in [0.2, 0.25) is 0 Å². The summed E-state index contributed by atoms with van der Waals surface area (Å²) in [6.45, 7) is 4.00. The van der Waals surface area contributed by atoms with Gasteiger partial charge in [-0.1, -0.05) is 13.8 Å². The smallest absolute Gasteiger partial charge is 0.106 e. The predicted octanol–water partition coefficient (Wildman–Crippen LogP) is 1.61. The molecule has 0 N–H and O–H groups in total. The van der Waals surface area contributed by atoms with Crippen LogP contribution in [0, 0.1) is 5.92 Å². The Labute approximate surface area is 44.4 Å². The Morgan fingerprint density at radius 2 is 1.86 bits per heavy atom. The summed E-state index contributed by atoms with van der Waals surface area (Å²) in [4.78, 5) is 0. The average molecular weight is 99.2 g/mol. The maximum atomic E-state index is 10.9. The third-order valence-electron chi connectivity index (χ3n) is 1.79. The van der Waals surface area contributed by atoms with Gasteiger partial charge in [0.25, 0.3) is 0 Å². The van der Waals surface area contributed by atoms with E-state index in [1.165, 1.54) is 0 Å². The highest BCUT2D eigenvalue weighted by molar-refractivity contribution is 4.95. The van der Waals surface area contributed by atoms with Crippen molar-refractivity contribution in [2.45, 2.75) is 32.3 Å².